The van der Waals surface area contributed by atoms with E-state index < -0.39 is 17.3 Å². The highest BCUT2D eigenvalue weighted by molar-refractivity contribution is 5.92. The Kier molecular flexibility index (Phi) is 4.83. The second-order valence-electron chi connectivity index (χ2n) is 6.60. The number of aliphatic hydroxyl groups is 1. The van der Waals surface area contributed by atoms with E-state index in [4.69, 9.17) is 0 Å². The number of piperidine rings is 1. The van der Waals surface area contributed by atoms with E-state index in [9.17, 15) is 14.3 Å². The smallest absolute Gasteiger partial charge is 0.275 e. The normalized spacial score (nSPS) is 23.7. The number of carbonyl (C=O) groups excluding carboxylic acids is 1. The maximum absolute atomic E-state index is 13.9. The van der Waals surface area contributed by atoms with E-state index in [-0.39, 0.29) is 11.7 Å². The Morgan fingerprint density at radius 2 is 2.00 bits per heavy atom. The summed E-state index contributed by atoms with van der Waals surface area (Å²) in [6.07, 6.45) is 1.78. The molecule has 1 fully saturated rings. The Balaban J connectivity index is 1.87. The van der Waals surface area contributed by atoms with E-state index in [2.05, 4.69) is 4.98 Å². The molecule has 1 aliphatic heterocycles. The lowest BCUT2D eigenvalue weighted by atomic mass is 9.79. The number of hydrogen-bond acceptors (Lipinski definition) is 4. The van der Waals surface area contributed by atoms with Crippen LogP contribution < -0.4 is 0 Å². The van der Waals surface area contributed by atoms with Gasteiger partial charge in [-0.15, -0.1) is 0 Å². The predicted molar refractivity (Wildman–Crippen MR) is 92.5 cm³/mol. The highest BCUT2D eigenvalue weighted by Gasteiger charge is 2.45. The standard InChI is InChI=1S/C19H22FN3O2/c1-22(2)16-13-23(18(24)17-15(20)9-6-11-21-17)12-10-19(16,25)14-7-4-3-5-8-14/h3-9,11,16,25H,10,12-13H2,1-2H3/t16-,19+/m1/s1. The average Bonchev–Trinajstić information content (AvgIpc) is 2.62. The number of aromatic nitrogens is 1. The lowest BCUT2D eigenvalue weighted by Crippen LogP contribution is -2.60. The number of halogens is 1. The number of nitrogens with zero attached hydrogens (tertiary/aromatic N) is 3. The van der Waals surface area contributed by atoms with Crippen LogP contribution in [0.5, 0.6) is 0 Å². The number of likely N-dealkylation sites (N-methyl/N-ethyl adjacent to an activating group) is 1. The number of benzene rings is 1. The van der Waals surface area contributed by atoms with Crippen molar-refractivity contribution in [3.8, 4) is 0 Å². The number of amides is 1. The molecule has 2 heterocycles. The molecule has 1 aliphatic rings. The van der Waals surface area contributed by atoms with Gasteiger partial charge >= 0.3 is 0 Å². The van der Waals surface area contributed by atoms with Gasteiger partial charge in [-0.25, -0.2) is 9.37 Å². The highest BCUT2D eigenvalue weighted by Crippen LogP contribution is 2.35. The minimum atomic E-state index is -1.07. The summed E-state index contributed by atoms with van der Waals surface area (Å²) in [5, 5.41) is 11.3. The van der Waals surface area contributed by atoms with E-state index in [1.807, 2.05) is 49.3 Å². The molecule has 1 amide bonds. The summed E-state index contributed by atoms with van der Waals surface area (Å²) in [7, 11) is 3.74. The molecule has 0 spiro atoms. The third kappa shape index (κ3) is 3.27. The molecule has 132 valence electrons. The zero-order valence-corrected chi connectivity index (χ0v) is 14.4. The minimum absolute atomic E-state index is 0.176. The minimum Gasteiger partial charge on any atom is -0.383 e. The highest BCUT2D eigenvalue weighted by atomic mass is 19.1. The Bertz CT molecular complexity index is 753. The van der Waals surface area contributed by atoms with Crippen LogP contribution in [0.15, 0.2) is 48.7 Å². The number of carbonyl (C=O) groups is 1. The molecule has 5 nitrogen and oxygen atoms in total. The molecule has 25 heavy (non-hydrogen) atoms. The second kappa shape index (κ2) is 6.90. The molecule has 1 N–H and O–H groups in total. The molecule has 0 radical (unpaired) electrons. The van der Waals surface area contributed by atoms with E-state index in [0.29, 0.717) is 19.5 Å². The van der Waals surface area contributed by atoms with Crippen molar-refractivity contribution in [2.45, 2.75) is 18.1 Å². The van der Waals surface area contributed by atoms with Crippen LogP contribution in [0.1, 0.15) is 22.5 Å². The monoisotopic (exact) mass is 343 g/mol. The fourth-order valence-electron chi connectivity index (χ4n) is 3.45. The van der Waals surface area contributed by atoms with Gasteiger partial charge in [0.2, 0.25) is 0 Å². The van der Waals surface area contributed by atoms with Crippen molar-refractivity contribution in [2.75, 3.05) is 27.2 Å². The van der Waals surface area contributed by atoms with Crippen LogP contribution in [0, 0.1) is 5.82 Å². The molecular formula is C19H22FN3O2. The van der Waals surface area contributed by atoms with Crippen LogP contribution in [0.4, 0.5) is 4.39 Å². The molecule has 0 unspecified atom stereocenters. The van der Waals surface area contributed by atoms with Crippen LogP contribution in [-0.4, -0.2) is 59.0 Å². The Labute approximate surface area is 146 Å². The van der Waals surface area contributed by atoms with Gasteiger partial charge in [-0.3, -0.25) is 4.79 Å². The van der Waals surface area contributed by atoms with Gasteiger partial charge in [-0.1, -0.05) is 30.3 Å². The summed E-state index contributed by atoms with van der Waals surface area (Å²) in [6, 6.07) is 11.9. The van der Waals surface area contributed by atoms with Crippen molar-refractivity contribution in [1.82, 2.24) is 14.8 Å². The first kappa shape index (κ1) is 17.5. The van der Waals surface area contributed by atoms with Crippen LogP contribution in [0.3, 0.4) is 0 Å². The number of likely N-dealkylation sites (tertiary alicyclic amines) is 1. The molecule has 0 bridgehead atoms. The van der Waals surface area contributed by atoms with Crippen molar-refractivity contribution in [2.24, 2.45) is 0 Å². The molecule has 2 atom stereocenters. The van der Waals surface area contributed by atoms with Crippen LogP contribution in [0.25, 0.3) is 0 Å². The summed E-state index contributed by atoms with van der Waals surface area (Å²) < 4.78 is 13.9. The van der Waals surface area contributed by atoms with Gasteiger partial charge in [-0.05, 0) is 38.2 Å². The third-order valence-corrected chi connectivity index (χ3v) is 4.85. The maximum atomic E-state index is 13.9. The summed E-state index contributed by atoms with van der Waals surface area (Å²) in [6.45, 7) is 0.637. The number of hydrogen-bond donors (Lipinski definition) is 1. The first-order chi connectivity index (χ1) is 11.9. The molecule has 3 rings (SSSR count). The first-order valence-corrected chi connectivity index (χ1v) is 8.27. The van der Waals surface area contributed by atoms with Crippen molar-refractivity contribution in [3.05, 3.63) is 65.7 Å². The molecule has 1 saturated heterocycles. The van der Waals surface area contributed by atoms with Crippen molar-refractivity contribution < 1.29 is 14.3 Å². The quantitative estimate of drug-likeness (QED) is 0.925. The second-order valence-corrected chi connectivity index (χ2v) is 6.60. The Hall–Kier alpha value is -2.31. The molecule has 1 aromatic heterocycles. The SMILES string of the molecule is CN(C)[C@@H]1CN(C(=O)c2ncccc2F)CC[C@]1(O)c1ccccc1. The van der Waals surface area contributed by atoms with Crippen molar-refractivity contribution in [3.63, 3.8) is 0 Å². The van der Waals surface area contributed by atoms with E-state index in [1.165, 1.54) is 18.3 Å². The number of rotatable bonds is 3. The summed E-state index contributed by atoms with van der Waals surface area (Å²) in [4.78, 5) is 20.0. The Morgan fingerprint density at radius 1 is 1.28 bits per heavy atom. The predicted octanol–water partition coefficient (Wildman–Crippen LogP) is 1.88. The topological polar surface area (TPSA) is 56.7 Å². The van der Waals surface area contributed by atoms with Gasteiger partial charge in [0.05, 0.1) is 6.04 Å². The summed E-state index contributed by atoms with van der Waals surface area (Å²) >= 11 is 0. The Morgan fingerprint density at radius 3 is 2.64 bits per heavy atom. The van der Waals surface area contributed by atoms with E-state index >= 15 is 0 Å². The largest absolute Gasteiger partial charge is 0.383 e. The molecule has 1 aromatic carbocycles. The first-order valence-electron chi connectivity index (χ1n) is 8.27. The summed E-state index contributed by atoms with van der Waals surface area (Å²) in [5.41, 5.74) is -0.417. The van der Waals surface area contributed by atoms with E-state index in [0.717, 1.165) is 5.56 Å². The molecule has 0 saturated carbocycles. The van der Waals surface area contributed by atoms with Crippen LogP contribution in [0.2, 0.25) is 0 Å². The number of pyridine rings is 1. The van der Waals surface area contributed by atoms with Crippen molar-refractivity contribution in [1.29, 1.82) is 0 Å². The van der Waals surface area contributed by atoms with Gasteiger partial charge in [0.15, 0.2) is 11.5 Å². The van der Waals surface area contributed by atoms with E-state index in [1.54, 1.807) is 4.90 Å². The maximum Gasteiger partial charge on any atom is 0.275 e. The zero-order valence-electron chi connectivity index (χ0n) is 14.4. The van der Waals surface area contributed by atoms with Gasteiger partial charge in [-0.2, -0.15) is 0 Å². The summed E-state index contributed by atoms with van der Waals surface area (Å²) in [5.74, 6) is -1.07. The molecule has 0 aliphatic carbocycles. The van der Waals surface area contributed by atoms with Gasteiger partial charge in [0.25, 0.3) is 5.91 Å². The molecular weight excluding hydrogens is 321 g/mol. The third-order valence-electron chi connectivity index (χ3n) is 4.85. The lowest BCUT2D eigenvalue weighted by Gasteiger charge is -2.47. The van der Waals surface area contributed by atoms with Crippen LogP contribution >= 0.6 is 0 Å². The molecule has 2 aromatic rings. The average molecular weight is 343 g/mol. The zero-order chi connectivity index (χ0) is 18.0. The fourth-order valence-corrected chi connectivity index (χ4v) is 3.45. The van der Waals surface area contributed by atoms with Crippen molar-refractivity contribution >= 4 is 5.91 Å². The van der Waals surface area contributed by atoms with Crippen LogP contribution in [-0.2, 0) is 5.60 Å². The van der Waals surface area contributed by atoms with Gasteiger partial charge < -0.3 is 14.9 Å². The van der Waals surface area contributed by atoms with Gasteiger partial charge in [0, 0.05) is 19.3 Å². The molecule has 6 heteroatoms. The fraction of sp³-hybridized carbons (Fsp3) is 0.368. The van der Waals surface area contributed by atoms with Gasteiger partial charge in [0.1, 0.15) is 5.60 Å². The lowest BCUT2D eigenvalue weighted by molar-refractivity contribution is -0.0811.